The highest BCUT2D eigenvalue weighted by Crippen LogP contribution is 2.27. The number of hydrogen-bond donors (Lipinski definition) is 2. The van der Waals surface area contributed by atoms with E-state index >= 15 is 0 Å². The Morgan fingerprint density at radius 2 is 2.10 bits per heavy atom. The standard InChI is InChI=1S/C14H16N4O3/c1-9(2)10-4-3-5-12(6-10)21-14-8-11(18(19)20)7-13(16-14)17-15/h3-9H,15H2,1-2H3,(H,16,17). The minimum Gasteiger partial charge on any atom is -0.439 e. The molecule has 0 aliphatic heterocycles. The summed E-state index contributed by atoms with van der Waals surface area (Å²) >= 11 is 0. The highest BCUT2D eigenvalue weighted by molar-refractivity contribution is 5.48. The lowest BCUT2D eigenvalue weighted by Gasteiger charge is -2.10. The second-order valence-electron chi connectivity index (χ2n) is 4.78. The number of nitrogens with two attached hydrogens (primary N) is 1. The van der Waals surface area contributed by atoms with Crippen molar-refractivity contribution in [2.45, 2.75) is 19.8 Å². The number of rotatable bonds is 5. The highest BCUT2D eigenvalue weighted by atomic mass is 16.6. The lowest BCUT2D eigenvalue weighted by molar-refractivity contribution is -0.384. The van der Waals surface area contributed by atoms with E-state index in [9.17, 15) is 10.1 Å². The molecule has 1 aromatic heterocycles. The first-order chi connectivity index (χ1) is 9.99. The Morgan fingerprint density at radius 1 is 1.33 bits per heavy atom. The van der Waals surface area contributed by atoms with E-state index < -0.39 is 4.92 Å². The van der Waals surface area contributed by atoms with E-state index in [-0.39, 0.29) is 17.4 Å². The van der Waals surface area contributed by atoms with Crippen LogP contribution in [0.4, 0.5) is 11.5 Å². The van der Waals surface area contributed by atoms with Crippen LogP contribution in [0.1, 0.15) is 25.3 Å². The average molecular weight is 288 g/mol. The van der Waals surface area contributed by atoms with Gasteiger partial charge in [0.25, 0.3) is 5.69 Å². The van der Waals surface area contributed by atoms with Crippen LogP contribution in [0.15, 0.2) is 36.4 Å². The van der Waals surface area contributed by atoms with E-state index in [1.165, 1.54) is 12.1 Å². The van der Waals surface area contributed by atoms with Crippen molar-refractivity contribution in [2.75, 3.05) is 5.43 Å². The third kappa shape index (κ3) is 3.67. The Kier molecular flexibility index (Phi) is 4.34. The summed E-state index contributed by atoms with van der Waals surface area (Å²) in [5, 5.41) is 10.9. The number of ether oxygens (including phenoxy) is 1. The molecule has 0 bridgehead atoms. The van der Waals surface area contributed by atoms with Gasteiger partial charge in [0, 0.05) is 0 Å². The molecule has 0 spiro atoms. The van der Waals surface area contributed by atoms with Crippen molar-refractivity contribution in [1.82, 2.24) is 4.98 Å². The van der Waals surface area contributed by atoms with Crippen molar-refractivity contribution in [3.05, 3.63) is 52.1 Å². The zero-order valence-corrected chi connectivity index (χ0v) is 11.7. The van der Waals surface area contributed by atoms with Crippen LogP contribution in [0.5, 0.6) is 11.6 Å². The maximum atomic E-state index is 10.9. The molecule has 0 unspecified atom stereocenters. The molecule has 1 aromatic carbocycles. The molecule has 21 heavy (non-hydrogen) atoms. The van der Waals surface area contributed by atoms with Gasteiger partial charge in [-0.15, -0.1) is 0 Å². The highest BCUT2D eigenvalue weighted by Gasteiger charge is 2.12. The molecular formula is C14H16N4O3. The predicted octanol–water partition coefficient (Wildman–Crippen LogP) is 3.19. The van der Waals surface area contributed by atoms with Gasteiger partial charge in [0.2, 0.25) is 5.88 Å². The molecule has 2 rings (SSSR count). The molecule has 0 atom stereocenters. The van der Waals surface area contributed by atoms with Gasteiger partial charge in [-0.2, -0.15) is 4.98 Å². The van der Waals surface area contributed by atoms with Gasteiger partial charge in [-0.25, -0.2) is 5.84 Å². The molecule has 0 radical (unpaired) electrons. The number of nitrogen functional groups attached to an aromatic ring is 1. The van der Waals surface area contributed by atoms with Crippen LogP contribution in [0.2, 0.25) is 0 Å². The van der Waals surface area contributed by atoms with E-state index in [1.54, 1.807) is 6.07 Å². The van der Waals surface area contributed by atoms with Gasteiger partial charge in [-0.3, -0.25) is 10.1 Å². The number of aromatic nitrogens is 1. The summed E-state index contributed by atoms with van der Waals surface area (Å²) in [5.74, 6) is 6.45. The molecule has 7 nitrogen and oxygen atoms in total. The second-order valence-corrected chi connectivity index (χ2v) is 4.78. The quantitative estimate of drug-likeness (QED) is 0.497. The lowest BCUT2D eigenvalue weighted by atomic mass is 10.0. The van der Waals surface area contributed by atoms with Crippen molar-refractivity contribution < 1.29 is 9.66 Å². The Morgan fingerprint density at radius 3 is 2.71 bits per heavy atom. The van der Waals surface area contributed by atoms with Crippen LogP contribution in [0, 0.1) is 10.1 Å². The van der Waals surface area contributed by atoms with Crippen molar-refractivity contribution >= 4 is 11.5 Å². The number of benzene rings is 1. The van der Waals surface area contributed by atoms with Crippen molar-refractivity contribution in [3.8, 4) is 11.6 Å². The molecule has 0 aliphatic rings. The van der Waals surface area contributed by atoms with Gasteiger partial charge in [-0.05, 0) is 23.6 Å². The maximum absolute atomic E-state index is 10.9. The summed E-state index contributed by atoms with van der Waals surface area (Å²) < 4.78 is 5.59. The van der Waals surface area contributed by atoms with Crippen LogP contribution in [-0.4, -0.2) is 9.91 Å². The molecule has 1 heterocycles. The zero-order valence-electron chi connectivity index (χ0n) is 11.7. The molecule has 3 N–H and O–H groups in total. The number of pyridine rings is 1. The molecule has 0 saturated carbocycles. The number of nitro groups is 1. The van der Waals surface area contributed by atoms with Gasteiger partial charge >= 0.3 is 0 Å². The number of hydrazine groups is 1. The van der Waals surface area contributed by atoms with E-state index in [0.717, 1.165) is 5.56 Å². The molecule has 0 aliphatic carbocycles. The normalized spacial score (nSPS) is 10.5. The van der Waals surface area contributed by atoms with Crippen molar-refractivity contribution in [2.24, 2.45) is 5.84 Å². The minimum atomic E-state index is -0.528. The number of anilines is 1. The van der Waals surface area contributed by atoms with Gasteiger partial charge in [-0.1, -0.05) is 26.0 Å². The molecule has 110 valence electrons. The van der Waals surface area contributed by atoms with Gasteiger partial charge in [0.05, 0.1) is 17.1 Å². The molecule has 2 aromatic rings. The Bertz CT molecular complexity index is 658. The van der Waals surface area contributed by atoms with Gasteiger partial charge < -0.3 is 10.2 Å². The first kappa shape index (κ1) is 14.7. The average Bonchev–Trinajstić information content (AvgIpc) is 2.47. The van der Waals surface area contributed by atoms with Gasteiger partial charge in [0.15, 0.2) is 5.82 Å². The lowest BCUT2D eigenvalue weighted by Crippen LogP contribution is -2.09. The van der Waals surface area contributed by atoms with Crippen LogP contribution in [0.3, 0.4) is 0 Å². The predicted molar refractivity (Wildman–Crippen MR) is 79.3 cm³/mol. The zero-order chi connectivity index (χ0) is 15.4. The maximum Gasteiger partial charge on any atom is 0.278 e. The summed E-state index contributed by atoms with van der Waals surface area (Å²) in [6.45, 7) is 4.14. The summed E-state index contributed by atoms with van der Waals surface area (Å²) in [7, 11) is 0. The molecule has 0 saturated heterocycles. The fourth-order valence-electron chi connectivity index (χ4n) is 1.78. The third-order valence-electron chi connectivity index (χ3n) is 2.89. The van der Waals surface area contributed by atoms with Crippen LogP contribution in [-0.2, 0) is 0 Å². The molecular weight excluding hydrogens is 272 g/mol. The van der Waals surface area contributed by atoms with Crippen molar-refractivity contribution in [3.63, 3.8) is 0 Å². The fourth-order valence-corrected chi connectivity index (χ4v) is 1.78. The first-order valence-corrected chi connectivity index (χ1v) is 6.40. The fraction of sp³-hybridized carbons (Fsp3) is 0.214. The van der Waals surface area contributed by atoms with Crippen LogP contribution in [0.25, 0.3) is 0 Å². The topological polar surface area (TPSA) is 103 Å². The Hall–Kier alpha value is -2.67. The molecule has 0 fully saturated rings. The number of nitrogens with one attached hydrogen (secondary N) is 1. The minimum absolute atomic E-state index is 0.109. The Balaban J connectivity index is 2.32. The number of hydrogen-bond acceptors (Lipinski definition) is 6. The van der Waals surface area contributed by atoms with E-state index in [4.69, 9.17) is 10.6 Å². The first-order valence-electron chi connectivity index (χ1n) is 6.40. The number of nitrogens with zero attached hydrogens (tertiary/aromatic N) is 2. The van der Waals surface area contributed by atoms with E-state index in [0.29, 0.717) is 11.7 Å². The van der Waals surface area contributed by atoms with Crippen LogP contribution < -0.4 is 16.0 Å². The third-order valence-corrected chi connectivity index (χ3v) is 2.89. The van der Waals surface area contributed by atoms with E-state index in [2.05, 4.69) is 24.3 Å². The largest absolute Gasteiger partial charge is 0.439 e. The van der Waals surface area contributed by atoms with Crippen LogP contribution >= 0.6 is 0 Å². The summed E-state index contributed by atoms with van der Waals surface area (Å²) in [6.07, 6.45) is 0. The van der Waals surface area contributed by atoms with Gasteiger partial charge in [0.1, 0.15) is 5.75 Å². The SMILES string of the molecule is CC(C)c1cccc(Oc2cc([N+](=O)[O-])cc(NN)n2)c1. The summed E-state index contributed by atoms with van der Waals surface area (Å²) in [4.78, 5) is 14.4. The smallest absolute Gasteiger partial charge is 0.278 e. The Labute approximate surface area is 121 Å². The molecule has 7 heteroatoms. The molecule has 0 amide bonds. The summed E-state index contributed by atoms with van der Waals surface area (Å²) in [6, 6.07) is 9.98. The summed E-state index contributed by atoms with van der Waals surface area (Å²) in [5.41, 5.74) is 3.24. The second kappa shape index (κ2) is 6.19. The monoisotopic (exact) mass is 288 g/mol. The van der Waals surface area contributed by atoms with Crippen molar-refractivity contribution in [1.29, 1.82) is 0 Å². The van der Waals surface area contributed by atoms with E-state index in [1.807, 2.05) is 18.2 Å².